The molecule has 0 aromatic heterocycles. The first-order valence-corrected chi connectivity index (χ1v) is 7.65. The van der Waals surface area contributed by atoms with Crippen LogP contribution in [0.3, 0.4) is 0 Å². The minimum atomic E-state index is -3.55. The van der Waals surface area contributed by atoms with Crippen LogP contribution in [0.25, 0.3) is 0 Å². The van der Waals surface area contributed by atoms with Crippen molar-refractivity contribution in [2.24, 2.45) is 0 Å². The van der Waals surface area contributed by atoms with E-state index in [0.29, 0.717) is 5.56 Å². The minimum Gasteiger partial charge on any atom is -0.207 e. The summed E-state index contributed by atoms with van der Waals surface area (Å²) in [5.41, 5.74) is 0.681. The molecule has 0 radical (unpaired) electrons. The van der Waals surface area contributed by atoms with Gasteiger partial charge < -0.3 is 0 Å². The van der Waals surface area contributed by atoms with Crippen molar-refractivity contribution in [1.82, 2.24) is 4.31 Å². The highest BCUT2D eigenvalue weighted by atomic mass is 79.9. The Hall–Kier alpha value is -0.900. The van der Waals surface area contributed by atoms with Gasteiger partial charge in [0.1, 0.15) is 0 Å². The molecule has 0 saturated heterocycles. The summed E-state index contributed by atoms with van der Waals surface area (Å²) < 4.78 is 26.8. The lowest BCUT2D eigenvalue weighted by Crippen LogP contribution is -2.35. The van der Waals surface area contributed by atoms with Gasteiger partial charge in [0.25, 0.3) is 0 Å². The zero-order valence-corrected chi connectivity index (χ0v) is 12.9. The van der Waals surface area contributed by atoms with E-state index in [-0.39, 0.29) is 17.4 Å². The van der Waals surface area contributed by atoms with Crippen LogP contribution in [0.5, 0.6) is 0 Å². The van der Waals surface area contributed by atoms with Gasteiger partial charge in [0.15, 0.2) is 0 Å². The molecular weight excluding hydrogens is 316 g/mol. The second-order valence-corrected chi connectivity index (χ2v) is 7.02. The molecule has 1 aromatic rings. The van der Waals surface area contributed by atoms with Gasteiger partial charge in [-0.05, 0) is 37.6 Å². The van der Waals surface area contributed by atoms with Gasteiger partial charge in [0, 0.05) is 17.6 Å². The number of aryl methyl sites for hydroxylation is 1. The monoisotopic (exact) mass is 330 g/mol. The maximum atomic E-state index is 12.4. The summed E-state index contributed by atoms with van der Waals surface area (Å²) in [7, 11) is -2.05. The molecule has 0 N–H and O–H groups in total. The Morgan fingerprint density at radius 1 is 1.50 bits per heavy atom. The normalized spacial score (nSPS) is 13.3. The molecule has 0 saturated carbocycles. The molecule has 1 rings (SSSR count). The van der Waals surface area contributed by atoms with Crippen LogP contribution in [0, 0.1) is 18.3 Å². The number of benzene rings is 1. The molecule has 0 aliphatic heterocycles. The van der Waals surface area contributed by atoms with E-state index in [9.17, 15) is 8.42 Å². The predicted octanol–water partition coefficient (Wildman–Crippen LogP) is 2.68. The number of halogens is 1. The van der Waals surface area contributed by atoms with Crippen LogP contribution < -0.4 is 0 Å². The fourth-order valence-electron chi connectivity index (χ4n) is 1.55. The van der Waals surface area contributed by atoms with Crippen molar-refractivity contribution in [2.75, 3.05) is 7.05 Å². The third-order valence-electron chi connectivity index (χ3n) is 2.80. The molecule has 0 fully saturated rings. The van der Waals surface area contributed by atoms with Crippen molar-refractivity contribution < 1.29 is 8.42 Å². The van der Waals surface area contributed by atoms with Crippen LogP contribution in [0.2, 0.25) is 0 Å². The Morgan fingerprint density at radius 3 is 2.61 bits per heavy atom. The second kappa shape index (κ2) is 5.83. The lowest BCUT2D eigenvalue weighted by Gasteiger charge is -2.23. The SMILES string of the molecule is Cc1cc(Br)ccc1S(=O)(=O)N(C)[C@@H](C)CC#N. The standard InChI is InChI=1S/C12H15BrN2O2S/c1-9-8-11(13)4-5-12(9)18(16,17)15(3)10(2)6-7-14/h4-5,8,10H,6H2,1-3H3/t10-/m0/s1. The number of hydrogen-bond donors (Lipinski definition) is 0. The van der Waals surface area contributed by atoms with E-state index >= 15 is 0 Å². The van der Waals surface area contributed by atoms with Crippen molar-refractivity contribution in [2.45, 2.75) is 31.2 Å². The fourth-order valence-corrected chi connectivity index (χ4v) is 3.59. The quantitative estimate of drug-likeness (QED) is 0.852. The second-order valence-electron chi connectivity index (χ2n) is 4.14. The number of sulfonamides is 1. The maximum absolute atomic E-state index is 12.4. The molecule has 0 heterocycles. The average molecular weight is 331 g/mol. The van der Waals surface area contributed by atoms with Gasteiger partial charge in [-0.2, -0.15) is 9.57 Å². The fraction of sp³-hybridized carbons (Fsp3) is 0.417. The Bertz CT molecular complexity index is 578. The summed E-state index contributed by atoms with van der Waals surface area (Å²) >= 11 is 3.30. The van der Waals surface area contributed by atoms with Crippen LogP contribution in [0.4, 0.5) is 0 Å². The molecule has 1 aromatic carbocycles. The molecule has 6 heteroatoms. The van der Waals surface area contributed by atoms with E-state index in [1.807, 2.05) is 6.07 Å². The first-order valence-electron chi connectivity index (χ1n) is 5.42. The highest BCUT2D eigenvalue weighted by Gasteiger charge is 2.26. The highest BCUT2D eigenvalue weighted by molar-refractivity contribution is 9.10. The largest absolute Gasteiger partial charge is 0.243 e. The van der Waals surface area contributed by atoms with E-state index in [2.05, 4.69) is 15.9 Å². The molecular formula is C12H15BrN2O2S. The molecule has 1 atom stereocenters. The summed E-state index contributed by atoms with van der Waals surface area (Å²) in [5, 5.41) is 8.64. The van der Waals surface area contributed by atoms with Crippen molar-refractivity contribution >= 4 is 26.0 Å². The zero-order valence-electron chi connectivity index (χ0n) is 10.5. The van der Waals surface area contributed by atoms with Gasteiger partial charge in [-0.3, -0.25) is 0 Å². The van der Waals surface area contributed by atoms with E-state index in [0.717, 1.165) is 4.47 Å². The Balaban J connectivity index is 3.18. The molecule has 0 unspecified atom stereocenters. The van der Waals surface area contributed by atoms with Gasteiger partial charge in [0.2, 0.25) is 10.0 Å². The smallest absolute Gasteiger partial charge is 0.207 e. The summed E-state index contributed by atoms with van der Waals surface area (Å²) in [4.78, 5) is 0.276. The van der Waals surface area contributed by atoms with E-state index < -0.39 is 10.0 Å². The van der Waals surface area contributed by atoms with Gasteiger partial charge in [0.05, 0.1) is 17.4 Å². The lowest BCUT2D eigenvalue weighted by atomic mass is 10.2. The molecule has 0 bridgehead atoms. The van der Waals surface area contributed by atoms with Gasteiger partial charge in [-0.15, -0.1) is 0 Å². The highest BCUT2D eigenvalue weighted by Crippen LogP contribution is 2.24. The summed E-state index contributed by atoms with van der Waals surface area (Å²) in [6.45, 7) is 3.47. The summed E-state index contributed by atoms with van der Waals surface area (Å²) in [6, 6.07) is 6.67. The molecule has 4 nitrogen and oxygen atoms in total. The van der Waals surface area contributed by atoms with E-state index in [1.54, 1.807) is 32.0 Å². The third kappa shape index (κ3) is 3.10. The summed E-state index contributed by atoms with van der Waals surface area (Å²) in [5.74, 6) is 0. The van der Waals surface area contributed by atoms with Crippen LogP contribution in [-0.2, 0) is 10.0 Å². The van der Waals surface area contributed by atoms with Crippen LogP contribution in [-0.4, -0.2) is 25.8 Å². The first-order chi connectivity index (χ1) is 8.30. The Kier molecular flexibility index (Phi) is 4.91. The van der Waals surface area contributed by atoms with Crippen molar-refractivity contribution in [3.63, 3.8) is 0 Å². The maximum Gasteiger partial charge on any atom is 0.243 e. The van der Waals surface area contributed by atoms with Gasteiger partial charge in [-0.25, -0.2) is 8.42 Å². The molecule has 0 aliphatic rings. The number of rotatable bonds is 4. The number of hydrogen-bond acceptors (Lipinski definition) is 3. The molecule has 0 amide bonds. The van der Waals surface area contributed by atoms with Crippen LogP contribution >= 0.6 is 15.9 Å². The number of nitriles is 1. The average Bonchev–Trinajstić information content (AvgIpc) is 2.27. The van der Waals surface area contributed by atoms with E-state index in [4.69, 9.17) is 5.26 Å². The zero-order chi connectivity index (χ0) is 13.9. The Labute approximate surface area is 116 Å². The van der Waals surface area contributed by atoms with Crippen LogP contribution in [0.15, 0.2) is 27.6 Å². The molecule has 0 aliphatic carbocycles. The van der Waals surface area contributed by atoms with E-state index in [1.165, 1.54) is 11.4 Å². The molecule has 18 heavy (non-hydrogen) atoms. The van der Waals surface area contributed by atoms with Gasteiger partial charge in [-0.1, -0.05) is 15.9 Å². The van der Waals surface area contributed by atoms with Crippen molar-refractivity contribution in [1.29, 1.82) is 5.26 Å². The minimum absolute atomic E-state index is 0.172. The van der Waals surface area contributed by atoms with Gasteiger partial charge >= 0.3 is 0 Å². The van der Waals surface area contributed by atoms with Crippen molar-refractivity contribution in [3.05, 3.63) is 28.2 Å². The third-order valence-corrected chi connectivity index (χ3v) is 5.43. The topological polar surface area (TPSA) is 61.2 Å². The lowest BCUT2D eigenvalue weighted by molar-refractivity contribution is 0.393. The van der Waals surface area contributed by atoms with Crippen molar-refractivity contribution in [3.8, 4) is 6.07 Å². The Morgan fingerprint density at radius 2 is 2.11 bits per heavy atom. The van der Waals surface area contributed by atoms with Crippen LogP contribution in [0.1, 0.15) is 18.9 Å². The molecule has 0 spiro atoms. The molecule has 98 valence electrons. The summed E-state index contributed by atoms with van der Waals surface area (Å²) in [6.07, 6.45) is 0.172. The first kappa shape index (κ1) is 15.2. The predicted molar refractivity (Wildman–Crippen MR) is 73.5 cm³/mol. The number of nitrogens with zero attached hydrogens (tertiary/aromatic N) is 2.